The summed E-state index contributed by atoms with van der Waals surface area (Å²) in [5, 5.41) is 3.95. The van der Waals surface area contributed by atoms with E-state index in [2.05, 4.69) is 10.1 Å². The van der Waals surface area contributed by atoms with E-state index in [1.54, 1.807) is 0 Å². The minimum atomic E-state index is -0.988. The van der Waals surface area contributed by atoms with Crippen LogP contribution in [0.5, 0.6) is 0 Å². The summed E-state index contributed by atoms with van der Waals surface area (Å²) in [6, 6.07) is 1.91. The maximum atomic E-state index is 13.3. The molecular weight excluding hydrogens is 264 g/mol. The molecule has 0 saturated heterocycles. The topological polar surface area (TPSA) is 64.9 Å². The normalized spacial score (nSPS) is 16.5. The Morgan fingerprint density at radius 2 is 1.80 bits per heavy atom. The van der Waals surface area contributed by atoms with Gasteiger partial charge in [-0.3, -0.25) is 0 Å². The second-order valence-electron chi connectivity index (χ2n) is 5.15. The van der Waals surface area contributed by atoms with Gasteiger partial charge in [-0.15, -0.1) is 0 Å². The van der Waals surface area contributed by atoms with Crippen LogP contribution in [0.4, 0.5) is 14.5 Å². The van der Waals surface area contributed by atoms with Gasteiger partial charge in [-0.05, 0) is 18.9 Å². The Hall–Kier alpha value is -1.98. The highest BCUT2D eigenvalue weighted by molar-refractivity contribution is 5.70. The molecule has 20 heavy (non-hydrogen) atoms. The molecule has 6 heteroatoms. The zero-order chi connectivity index (χ0) is 14.1. The third kappa shape index (κ3) is 2.37. The van der Waals surface area contributed by atoms with Crippen LogP contribution in [0.2, 0.25) is 0 Å². The molecule has 1 aliphatic carbocycles. The Bertz CT molecular complexity index is 621. The molecule has 106 valence electrons. The summed E-state index contributed by atoms with van der Waals surface area (Å²) in [6.07, 6.45) is 5.61. The number of halogens is 2. The van der Waals surface area contributed by atoms with Gasteiger partial charge in [0, 0.05) is 17.7 Å². The number of nitrogens with two attached hydrogens (primary N) is 1. The van der Waals surface area contributed by atoms with Gasteiger partial charge in [0.1, 0.15) is 0 Å². The fourth-order valence-corrected chi connectivity index (χ4v) is 2.62. The lowest BCUT2D eigenvalue weighted by atomic mass is 9.89. The molecule has 1 aromatic carbocycles. The molecule has 0 atom stereocenters. The van der Waals surface area contributed by atoms with E-state index in [0.29, 0.717) is 5.82 Å². The second-order valence-corrected chi connectivity index (χ2v) is 5.15. The van der Waals surface area contributed by atoms with Crippen molar-refractivity contribution >= 4 is 5.69 Å². The molecule has 0 amide bonds. The fraction of sp³-hybridized carbons (Fsp3) is 0.429. The van der Waals surface area contributed by atoms with Crippen LogP contribution in [-0.2, 0) is 0 Å². The smallest absolute Gasteiger partial charge is 0.260 e. The standard InChI is InChI=1S/C14H15F2N3O/c15-10-6-9(12(17)7-11(10)16)14-18-13(19-20-14)8-4-2-1-3-5-8/h6-8H,1-5,17H2. The lowest BCUT2D eigenvalue weighted by molar-refractivity contribution is 0.385. The first-order valence-electron chi connectivity index (χ1n) is 6.73. The summed E-state index contributed by atoms with van der Waals surface area (Å²) in [5.41, 5.74) is 6.00. The summed E-state index contributed by atoms with van der Waals surface area (Å²) >= 11 is 0. The molecular formula is C14H15F2N3O. The number of hydrogen-bond acceptors (Lipinski definition) is 4. The number of hydrogen-bond donors (Lipinski definition) is 1. The largest absolute Gasteiger partial charge is 0.398 e. The quantitative estimate of drug-likeness (QED) is 0.852. The van der Waals surface area contributed by atoms with E-state index < -0.39 is 11.6 Å². The van der Waals surface area contributed by atoms with E-state index in [4.69, 9.17) is 10.3 Å². The molecule has 2 N–H and O–H groups in total. The lowest BCUT2D eigenvalue weighted by Crippen LogP contribution is -2.06. The first-order chi connectivity index (χ1) is 9.65. The molecule has 3 rings (SSSR count). The van der Waals surface area contributed by atoms with Crippen LogP contribution in [-0.4, -0.2) is 10.1 Å². The molecule has 2 aromatic rings. The van der Waals surface area contributed by atoms with Crippen LogP contribution in [0.15, 0.2) is 16.7 Å². The van der Waals surface area contributed by atoms with E-state index in [1.807, 2.05) is 0 Å². The van der Waals surface area contributed by atoms with Gasteiger partial charge in [0.2, 0.25) is 0 Å². The highest BCUT2D eigenvalue weighted by Gasteiger charge is 2.22. The van der Waals surface area contributed by atoms with Crippen LogP contribution in [0, 0.1) is 11.6 Å². The van der Waals surface area contributed by atoms with E-state index in [-0.39, 0.29) is 23.1 Å². The zero-order valence-electron chi connectivity index (χ0n) is 10.9. The Kier molecular flexibility index (Phi) is 3.38. The maximum Gasteiger partial charge on any atom is 0.260 e. The Balaban J connectivity index is 1.91. The third-order valence-corrected chi connectivity index (χ3v) is 3.73. The van der Waals surface area contributed by atoms with Crippen LogP contribution < -0.4 is 5.73 Å². The van der Waals surface area contributed by atoms with Gasteiger partial charge in [-0.25, -0.2) is 8.78 Å². The van der Waals surface area contributed by atoms with E-state index >= 15 is 0 Å². The number of benzene rings is 1. The van der Waals surface area contributed by atoms with E-state index in [9.17, 15) is 8.78 Å². The molecule has 0 radical (unpaired) electrons. The average molecular weight is 279 g/mol. The lowest BCUT2D eigenvalue weighted by Gasteiger charge is -2.17. The molecule has 1 saturated carbocycles. The van der Waals surface area contributed by atoms with Crippen LogP contribution >= 0.6 is 0 Å². The third-order valence-electron chi connectivity index (χ3n) is 3.73. The van der Waals surface area contributed by atoms with Gasteiger partial charge in [0.25, 0.3) is 5.89 Å². The van der Waals surface area contributed by atoms with Gasteiger partial charge in [0.15, 0.2) is 17.5 Å². The number of nitrogens with zero attached hydrogens (tertiary/aromatic N) is 2. The predicted molar refractivity (Wildman–Crippen MR) is 69.9 cm³/mol. The Morgan fingerprint density at radius 3 is 2.55 bits per heavy atom. The molecule has 1 heterocycles. The molecule has 0 aliphatic heterocycles. The molecule has 0 unspecified atom stereocenters. The highest BCUT2D eigenvalue weighted by atomic mass is 19.2. The van der Waals surface area contributed by atoms with Crippen molar-refractivity contribution in [1.29, 1.82) is 0 Å². The van der Waals surface area contributed by atoms with Gasteiger partial charge < -0.3 is 10.3 Å². The number of aromatic nitrogens is 2. The Labute approximate surface area is 115 Å². The summed E-state index contributed by atoms with van der Waals surface area (Å²) in [5.74, 6) is -0.913. The van der Waals surface area contributed by atoms with E-state index in [1.165, 1.54) is 6.42 Å². The van der Waals surface area contributed by atoms with Crippen molar-refractivity contribution in [3.05, 3.63) is 29.6 Å². The van der Waals surface area contributed by atoms with Crippen molar-refractivity contribution in [2.75, 3.05) is 5.73 Å². The number of anilines is 1. The molecule has 1 aromatic heterocycles. The number of nitrogen functional groups attached to an aromatic ring is 1. The minimum Gasteiger partial charge on any atom is -0.398 e. The predicted octanol–water partition coefficient (Wildman–Crippen LogP) is 3.64. The number of rotatable bonds is 2. The first kappa shape index (κ1) is 13.0. The van der Waals surface area contributed by atoms with Crippen LogP contribution in [0.1, 0.15) is 43.8 Å². The second kappa shape index (κ2) is 5.19. The maximum absolute atomic E-state index is 13.3. The van der Waals surface area contributed by atoms with Crippen molar-refractivity contribution in [2.45, 2.75) is 38.0 Å². The minimum absolute atomic E-state index is 0.0859. The van der Waals surface area contributed by atoms with Crippen LogP contribution in [0.3, 0.4) is 0 Å². The van der Waals surface area contributed by atoms with Crippen molar-refractivity contribution in [3.63, 3.8) is 0 Å². The molecule has 0 spiro atoms. The van der Waals surface area contributed by atoms with Crippen LogP contribution in [0.25, 0.3) is 11.5 Å². The first-order valence-corrected chi connectivity index (χ1v) is 6.73. The van der Waals surface area contributed by atoms with Gasteiger partial charge in [0.05, 0.1) is 5.56 Å². The summed E-state index contributed by atoms with van der Waals surface area (Å²) in [4.78, 5) is 4.29. The summed E-state index contributed by atoms with van der Waals surface area (Å²) in [7, 11) is 0. The molecule has 1 aliphatic rings. The van der Waals surface area contributed by atoms with E-state index in [0.717, 1.165) is 37.8 Å². The van der Waals surface area contributed by atoms with Gasteiger partial charge in [-0.2, -0.15) is 4.98 Å². The van der Waals surface area contributed by atoms with Crippen molar-refractivity contribution < 1.29 is 13.3 Å². The summed E-state index contributed by atoms with van der Waals surface area (Å²) in [6.45, 7) is 0. The summed E-state index contributed by atoms with van der Waals surface area (Å²) < 4.78 is 31.5. The monoisotopic (exact) mass is 279 g/mol. The molecule has 1 fully saturated rings. The van der Waals surface area contributed by atoms with Crippen molar-refractivity contribution in [3.8, 4) is 11.5 Å². The molecule has 0 bridgehead atoms. The Morgan fingerprint density at radius 1 is 1.10 bits per heavy atom. The van der Waals surface area contributed by atoms with Crippen molar-refractivity contribution in [2.24, 2.45) is 0 Å². The van der Waals surface area contributed by atoms with Gasteiger partial charge >= 0.3 is 0 Å². The van der Waals surface area contributed by atoms with Crippen molar-refractivity contribution in [1.82, 2.24) is 10.1 Å². The average Bonchev–Trinajstić information content (AvgIpc) is 2.93. The fourth-order valence-electron chi connectivity index (χ4n) is 2.62. The molecule has 4 nitrogen and oxygen atoms in total. The van der Waals surface area contributed by atoms with Gasteiger partial charge in [-0.1, -0.05) is 24.4 Å². The SMILES string of the molecule is Nc1cc(F)c(F)cc1-c1nc(C2CCCCC2)no1. The zero-order valence-corrected chi connectivity index (χ0v) is 10.9. The highest BCUT2D eigenvalue weighted by Crippen LogP contribution is 2.33.